The van der Waals surface area contributed by atoms with Crippen LogP contribution in [0.2, 0.25) is 0 Å². The second-order valence-electron chi connectivity index (χ2n) is 2.60. The highest BCUT2D eigenvalue weighted by Gasteiger charge is 2.24. The lowest BCUT2D eigenvalue weighted by Crippen LogP contribution is -2.43. The van der Waals surface area contributed by atoms with Crippen LogP contribution in [0, 0.1) is 0 Å². The van der Waals surface area contributed by atoms with Crippen LogP contribution in [-0.2, 0) is 0 Å². The van der Waals surface area contributed by atoms with Gasteiger partial charge in [0.1, 0.15) is 0 Å². The number of allylic oxidation sites excluding steroid dienone is 1. The number of halogens is 1. The summed E-state index contributed by atoms with van der Waals surface area (Å²) < 4.78 is -0.747. The fourth-order valence-electron chi connectivity index (χ4n) is 0.965. The zero-order chi connectivity index (χ0) is 9.86. The molecule has 14 heavy (non-hydrogen) atoms. The summed E-state index contributed by atoms with van der Waals surface area (Å²) in [6.07, 6.45) is 8.58. The van der Waals surface area contributed by atoms with Crippen LogP contribution in [-0.4, -0.2) is 20.9 Å². The summed E-state index contributed by atoms with van der Waals surface area (Å²) in [7, 11) is 0. The van der Waals surface area contributed by atoms with Gasteiger partial charge in [0, 0.05) is 24.8 Å². The van der Waals surface area contributed by atoms with Crippen molar-refractivity contribution in [3.8, 4) is 0 Å². The van der Waals surface area contributed by atoms with E-state index < -0.39 is 4.70 Å². The highest BCUT2D eigenvalue weighted by atomic mass is 79.9. The maximum atomic E-state index is 4.16. The number of alkyl halides is 1. The van der Waals surface area contributed by atoms with Crippen LogP contribution in [0.5, 0.6) is 0 Å². The molecule has 1 aromatic rings. The molecule has 1 unspecified atom stereocenters. The van der Waals surface area contributed by atoms with Crippen LogP contribution in [0.3, 0.4) is 0 Å². The average Bonchev–Trinajstić information content (AvgIpc) is 2.19. The normalized spacial score (nSPS) is 24.4. The van der Waals surface area contributed by atoms with E-state index in [9.17, 15) is 0 Å². The predicted octanol–water partition coefficient (Wildman–Crippen LogP) is 1.08. The molecule has 0 aromatic carbocycles. The highest BCUT2D eigenvalue weighted by molar-refractivity contribution is 9.10. The number of nitrogens with zero attached hydrogens (tertiary/aromatic N) is 3. The monoisotopic (exact) mass is 253 g/mol. The topological polar surface area (TPSA) is 62.2 Å². The molecule has 0 saturated carbocycles. The first-order chi connectivity index (χ1) is 6.79. The highest BCUT2D eigenvalue weighted by Crippen LogP contribution is 2.18. The molecule has 0 spiro atoms. The molecule has 0 saturated heterocycles. The number of rotatable bonds is 2. The summed E-state index contributed by atoms with van der Waals surface area (Å²) in [6.45, 7) is 0. The van der Waals surface area contributed by atoms with E-state index in [1.807, 2.05) is 0 Å². The van der Waals surface area contributed by atoms with Crippen molar-refractivity contribution in [3.05, 3.63) is 30.7 Å². The molecular weight excluding hydrogens is 246 g/mol. The van der Waals surface area contributed by atoms with E-state index >= 15 is 0 Å². The van der Waals surface area contributed by atoms with E-state index in [0.717, 1.165) is 0 Å². The van der Waals surface area contributed by atoms with Crippen molar-refractivity contribution in [2.75, 3.05) is 5.32 Å². The summed E-state index contributed by atoms with van der Waals surface area (Å²) >= 11 is 3.38. The van der Waals surface area contributed by atoms with E-state index in [1.54, 1.807) is 37.0 Å². The lowest BCUT2D eigenvalue weighted by molar-refractivity contribution is 0.632. The van der Waals surface area contributed by atoms with Gasteiger partial charge in [0.15, 0.2) is 0 Å². The van der Waals surface area contributed by atoms with Crippen LogP contribution in [0.15, 0.2) is 35.7 Å². The van der Waals surface area contributed by atoms with Crippen LogP contribution in [0.4, 0.5) is 5.95 Å². The third kappa shape index (κ3) is 2.08. The Morgan fingerprint density at radius 3 is 2.79 bits per heavy atom. The standard InChI is InChI=1S/C8H8BrN5/c9-8(12-5-2-6-13-8)14-7-10-3-1-4-11-7/h1-6,12H,(H,10,11,14). The first-order valence-corrected chi connectivity index (χ1v) is 4.80. The maximum Gasteiger partial charge on any atom is 0.265 e. The quantitative estimate of drug-likeness (QED) is 0.612. The Labute approximate surface area is 89.5 Å². The fraction of sp³-hybridized carbons (Fsp3) is 0.125. The third-order valence-electron chi connectivity index (χ3n) is 1.55. The van der Waals surface area contributed by atoms with Crippen molar-refractivity contribution in [1.82, 2.24) is 15.3 Å². The van der Waals surface area contributed by atoms with Gasteiger partial charge in [-0.25, -0.2) is 15.0 Å². The minimum atomic E-state index is -0.747. The molecule has 1 atom stereocenters. The van der Waals surface area contributed by atoms with Crippen LogP contribution in [0.25, 0.3) is 0 Å². The van der Waals surface area contributed by atoms with E-state index in [0.29, 0.717) is 5.95 Å². The summed E-state index contributed by atoms with van der Waals surface area (Å²) in [5.74, 6) is 0.504. The van der Waals surface area contributed by atoms with Crippen molar-refractivity contribution >= 4 is 28.1 Å². The summed E-state index contributed by atoms with van der Waals surface area (Å²) in [5.41, 5.74) is 0. The molecule has 5 nitrogen and oxygen atoms in total. The summed E-state index contributed by atoms with van der Waals surface area (Å²) in [6, 6.07) is 1.75. The Balaban J connectivity index is 2.11. The molecule has 1 aliphatic heterocycles. The SMILES string of the molecule is BrC1(Nc2ncccn2)N=CC=CN1. The maximum absolute atomic E-state index is 4.16. The summed E-state index contributed by atoms with van der Waals surface area (Å²) in [5, 5.41) is 5.98. The second kappa shape index (κ2) is 3.75. The molecule has 1 aromatic heterocycles. The van der Waals surface area contributed by atoms with Gasteiger partial charge in [0.25, 0.3) is 4.70 Å². The third-order valence-corrected chi connectivity index (χ3v) is 2.18. The Morgan fingerprint density at radius 1 is 1.36 bits per heavy atom. The van der Waals surface area contributed by atoms with Gasteiger partial charge in [-0.05, 0) is 28.1 Å². The van der Waals surface area contributed by atoms with Gasteiger partial charge in [-0.1, -0.05) is 0 Å². The first kappa shape index (κ1) is 9.14. The molecule has 2 rings (SSSR count). The van der Waals surface area contributed by atoms with Crippen molar-refractivity contribution in [2.24, 2.45) is 4.99 Å². The van der Waals surface area contributed by atoms with Gasteiger partial charge in [0.05, 0.1) is 0 Å². The largest absolute Gasteiger partial charge is 0.341 e. The Kier molecular flexibility index (Phi) is 2.45. The van der Waals surface area contributed by atoms with Gasteiger partial charge in [-0.2, -0.15) is 0 Å². The van der Waals surface area contributed by atoms with Crippen molar-refractivity contribution in [3.63, 3.8) is 0 Å². The van der Waals surface area contributed by atoms with Crippen molar-refractivity contribution in [2.45, 2.75) is 4.70 Å². The van der Waals surface area contributed by atoms with Gasteiger partial charge in [-0.3, -0.25) is 0 Å². The molecule has 0 radical (unpaired) electrons. The minimum absolute atomic E-state index is 0.504. The number of hydrogen-bond acceptors (Lipinski definition) is 5. The number of hydrogen-bond donors (Lipinski definition) is 2. The zero-order valence-corrected chi connectivity index (χ0v) is 8.77. The number of aliphatic imine (C=N–C) groups is 1. The van der Waals surface area contributed by atoms with Gasteiger partial charge in [0.2, 0.25) is 5.95 Å². The molecule has 6 heteroatoms. The van der Waals surface area contributed by atoms with E-state index in [1.165, 1.54) is 0 Å². The van der Waals surface area contributed by atoms with E-state index in [2.05, 4.69) is 41.5 Å². The van der Waals surface area contributed by atoms with Crippen molar-refractivity contribution in [1.29, 1.82) is 0 Å². The van der Waals surface area contributed by atoms with Crippen molar-refractivity contribution < 1.29 is 0 Å². The second-order valence-corrected chi connectivity index (χ2v) is 3.75. The van der Waals surface area contributed by atoms with Crippen LogP contribution < -0.4 is 10.6 Å². The number of aromatic nitrogens is 2. The van der Waals surface area contributed by atoms with Crippen LogP contribution >= 0.6 is 15.9 Å². The minimum Gasteiger partial charge on any atom is -0.341 e. The first-order valence-electron chi connectivity index (χ1n) is 4.01. The molecule has 2 N–H and O–H groups in total. The van der Waals surface area contributed by atoms with Crippen LogP contribution in [0.1, 0.15) is 0 Å². The molecule has 0 amide bonds. The summed E-state index contributed by atoms with van der Waals surface area (Å²) in [4.78, 5) is 12.2. The molecule has 1 aliphatic rings. The average molecular weight is 254 g/mol. The lowest BCUT2D eigenvalue weighted by atomic mass is 10.5. The molecule has 0 aliphatic carbocycles. The Bertz CT molecular complexity index is 363. The Morgan fingerprint density at radius 2 is 2.14 bits per heavy atom. The van der Waals surface area contributed by atoms with Gasteiger partial charge < -0.3 is 10.6 Å². The number of anilines is 1. The Hall–Kier alpha value is -1.43. The predicted molar refractivity (Wildman–Crippen MR) is 58.1 cm³/mol. The molecular formula is C8H8BrN5. The lowest BCUT2D eigenvalue weighted by Gasteiger charge is -2.25. The van der Waals surface area contributed by atoms with E-state index in [4.69, 9.17) is 0 Å². The molecule has 2 heterocycles. The molecule has 72 valence electrons. The molecule has 0 fully saturated rings. The number of nitrogens with one attached hydrogen (secondary N) is 2. The van der Waals surface area contributed by atoms with E-state index in [-0.39, 0.29) is 0 Å². The van der Waals surface area contributed by atoms with Gasteiger partial charge in [-0.15, -0.1) is 0 Å². The molecule has 0 bridgehead atoms. The fourth-order valence-corrected chi connectivity index (χ4v) is 1.39. The smallest absolute Gasteiger partial charge is 0.265 e. The zero-order valence-electron chi connectivity index (χ0n) is 7.18. The van der Waals surface area contributed by atoms with Gasteiger partial charge >= 0.3 is 0 Å².